The van der Waals surface area contributed by atoms with E-state index in [0.717, 1.165) is 0 Å². The standard InChI is InChI=1S/C34H42O9/c1-9-17(2)30(38)41-27-24-23(32(24,7)8)26(40-21(6)35)20(5)28(37)33-16-19(4)29(34(33,43-33)15-18(3)25(27)36)42-31(39)22-13-11-10-12-14-22/h9-15,19-20,23-27,29,36H,16H2,1-8H3/b17-9+,18-15+/t19-,20+,23-,24+,25+,26-,27-,29-,33-,34-/m0/s1. The molecule has 3 fully saturated rings. The lowest BCUT2D eigenvalue weighted by Gasteiger charge is -2.28. The van der Waals surface area contributed by atoms with E-state index in [-0.39, 0.29) is 24.0 Å². The van der Waals surface area contributed by atoms with Crippen LogP contribution in [-0.2, 0) is 33.3 Å². The van der Waals surface area contributed by atoms with Crippen molar-refractivity contribution in [3.8, 4) is 0 Å². The third-order valence-corrected chi connectivity index (χ3v) is 10.3. The van der Waals surface area contributed by atoms with Crippen LogP contribution in [0.2, 0.25) is 0 Å². The largest absolute Gasteiger partial charge is 0.461 e. The summed E-state index contributed by atoms with van der Waals surface area (Å²) in [7, 11) is 0. The van der Waals surface area contributed by atoms with Crippen LogP contribution >= 0.6 is 0 Å². The van der Waals surface area contributed by atoms with E-state index in [1.54, 1.807) is 70.2 Å². The zero-order chi connectivity index (χ0) is 31.6. The molecule has 9 heteroatoms. The van der Waals surface area contributed by atoms with Gasteiger partial charge in [0.15, 0.2) is 17.0 Å². The van der Waals surface area contributed by atoms with Crippen molar-refractivity contribution in [2.24, 2.45) is 29.1 Å². The second-order valence-corrected chi connectivity index (χ2v) is 13.4. The van der Waals surface area contributed by atoms with E-state index in [9.17, 15) is 24.3 Å². The fourth-order valence-electron chi connectivity index (χ4n) is 7.79. The van der Waals surface area contributed by atoms with Crippen molar-refractivity contribution >= 4 is 23.7 Å². The summed E-state index contributed by atoms with van der Waals surface area (Å²) in [4.78, 5) is 53.1. The first-order valence-corrected chi connectivity index (χ1v) is 15.0. The Labute approximate surface area is 252 Å². The molecule has 5 rings (SSSR count). The number of ketones is 1. The second-order valence-electron chi connectivity index (χ2n) is 13.4. The molecule has 9 nitrogen and oxygen atoms in total. The molecule has 1 heterocycles. The first-order chi connectivity index (χ1) is 20.1. The minimum absolute atomic E-state index is 0.246. The Morgan fingerprint density at radius 3 is 2.23 bits per heavy atom. The van der Waals surface area contributed by atoms with Gasteiger partial charge in [0.1, 0.15) is 24.4 Å². The second kappa shape index (κ2) is 10.7. The highest BCUT2D eigenvalue weighted by molar-refractivity contribution is 5.96. The van der Waals surface area contributed by atoms with Gasteiger partial charge in [0.2, 0.25) is 0 Å². The maximum absolute atomic E-state index is 14.5. The van der Waals surface area contributed by atoms with Crippen LogP contribution in [0.4, 0.5) is 0 Å². The fourth-order valence-corrected chi connectivity index (χ4v) is 7.79. The van der Waals surface area contributed by atoms with Gasteiger partial charge in [-0.2, -0.15) is 0 Å². The Bertz CT molecular complexity index is 1390. The summed E-state index contributed by atoms with van der Waals surface area (Å²) in [6.45, 7) is 13.9. The highest BCUT2D eigenvalue weighted by Crippen LogP contribution is 2.68. The number of aliphatic hydroxyl groups excluding tert-OH is 1. The minimum atomic E-state index is -1.34. The van der Waals surface area contributed by atoms with Crippen molar-refractivity contribution in [2.75, 3.05) is 0 Å². The zero-order valence-electron chi connectivity index (χ0n) is 26.1. The Balaban J connectivity index is 1.62. The van der Waals surface area contributed by atoms with Gasteiger partial charge in [-0.15, -0.1) is 0 Å². The highest BCUT2D eigenvalue weighted by Gasteiger charge is 2.84. The summed E-state index contributed by atoms with van der Waals surface area (Å²) in [5, 5.41) is 11.8. The number of carbonyl (C=O) groups is 4. The normalized spacial score (nSPS) is 40.8. The quantitative estimate of drug-likeness (QED) is 0.174. The van der Waals surface area contributed by atoms with Crippen LogP contribution in [0, 0.1) is 29.1 Å². The van der Waals surface area contributed by atoms with Gasteiger partial charge < -0.3 is 24.1 Å². The van der Waals surface area contributed by atoms with E-state index in [1.165, 1.54) is 6.92 Å². The summed E-state index contributed by atoms with van der Waals surface area (Å²) in [6, 6.07) is 8.58. The van der Waals surface area contributed by atoms with Gasteiger partial charge in [-0.05, 0) is 62.3 Å². The lowest BCUT2D eigenvalue weighted by atomic mass is 9.80. The molecule has 0 spiro atoms. The summed E-state index contributed by atoms with van der Waals surface area (Å²) in [5.74, 6) is -3.73. The molecule has 3 aliphatic carbocycles. The molecule has 0 aromatic heterocycles. The predicted molar refractivity (Wildman–Crippen MR) is 156 cm³/mol. The lowest BCUT2D eigenvalue weighted by Crippen LogP contribution is -2.43. The number of ether oxygens (including phenoxy) is 4. The van der Waals surface area contributed by atoms with E-state index in [2.05, 4.69) is 0 Å². The molecule has 1 aliphatic heterocycles. The van der Waals surface area contributed by atoms with Crippen LogP contribution in [0.5, 0.6) is 0 Å². The van der Waals surface area contributed by atoms with E-state index < -0.39 is 70.8 Å². The average molecular weight is 595 g/mol. The van der Waals surface area contributed by atoms with Gasteiger partial charge in [0.05, 0.1) is 11.5 Å². The number of carbonyl (C=O) groups excluding carboxylic acids is 4. The van der Waals surface area contributed by atoms with Gasteiger partial charge in [-0.1, -0.05) is 52.0 Å². The van der Waals surface area contributed by atoms with Crippen molar-refractivity contribution in [3.63, 3.8) is 0 Å². The molecular formula is C34H42O9. The van der Waals surface area contributed by atoms with Crippen LogP contribution in [0.25, 0.3) is 0 Å². The number of aliphatic hydroxyl groups is 1. The first kappa shape index (κ1) is 31.1. The molecule has 0 radical (unpaired) electrons. The van der Waals surface area contributed by atoms with Gasteiger partial charge >= 0.3 is 17.9 Å². The van der Waals surface area contributed by atoms with Gasteiger partial charge in [-0.3, -0.25) is 9.59 Å². The summed E-state index contributed by atoms with van der Waals surface area (Å²) in [6.07, 6.45) is -0.327. The molecule has 1 saturated heterocycles. The Hall–Kier alpha value is -3.30. The van der Waals surface area contributed by atoms with E-state index >= 15 is 0 Å². The Morgan fingerprint density at radius 1 is 1.00 bits per heavy atom. The van der Waals surface area contributed by atoms with Crippen molar-refractivity contribution < 1.29 is 43.2 Å². The third kappa shape index (κ3) is 4.85. The molecule has 0 amide bonds. The van der Waals surface area contributed by atoms with Crippen LogP contribution in [0.1, 0.15) is 72.2 Å². The molecule has 0 unspecified atom stereocenters. The highest BCUT2D eigenvalue weighted by atomic mass is 16.7. The van der Waals surface area contributed by atoms with Gasteiger partial charge in [0, 0.05) is 24.3 Å². The lowest BCUT2D eigenvalue weighted by molar-refractivity contribution is -0.157. The number of hydrogen-bond donors (Lipinski definition) is 1. The number of benzene rings is 1. The van der Waals surface area contributed by atoms with Crippen LogP contribution in [-0.4, -0.2) is 64.4 Å². The molecule has 232 valence electrons. The molecule has 43 heavy (non-hydrogen) atoms. The predicted octanol–water partition coefficient (Wildman–Crippen LogP) is 4.37. The number of allylic oxidation sites excluding steroid dienone is 1. The Morgan fingerprint density at radius 2 is 1.63 bits per heavy atom. The third-order valence-electron chi connectivity index (χ3n) is 10.3. The summed E-state index contributed by atoms with van der Waals surface area (Å²) in [5.41, 5.74) is -2.02. The van der Waals surface area contributed by atoms with Crippen molar-refractivity contribution in [3.05, 3.63) is 59.2 Å². The van der Waals surface area contributed by atoms with Crippen LogP contribution in [0.15, 0.2) is 53.6 Å². The van der Waals surface area contributed by atoms with E-state index in [4.69, 9.17) is 18.9 Å². The molecule has 0 bridgehead atoms. The molecule has 4 aliphatic rings. The van der Waals surface area contributed by atoms with Gasteiger partial charge in [0.25, 0.3) is 0 Å². The molecular weight excluding hydrogens is 552 g/mol. The smallest absolute Gasteiger partial charge is 0.338 e. The number of rotatable bonds is 5. The van der Waals surface area contributed by atoms with E-state index in [1.807, 2.05) is 20.8 Å². The molecule has 1 aromatic rings. The van der Waals surface area contributed by atoms with Crippen molar-refractivity contribution in [1.82, 2.24) is 0 Å². The summed E-state index contributed by atoms with van der Waals surface area (Å²) >= 11 is 0. The van der Waals surface area contributed by atoms with Crippen molar-refractivity contribution in [2.45, 2.75) is 97.4 Å². The first-order valence-electron chi connectivity index (χ1n) is 15.0. The van der Waals surface area contributed by atoms with Crippen LogP contribution in [0.3, 0.4) is 0 Å². The number of esters is 3. The molecule has 1 N–H and O–H groups in total. The monoisotopic (exact) mass is 594 g/mol. The molecule has 2 saturated carbocycles. The molecule has 10 atom stereocenters. The number of fused-ring (bicyclic) bond motifs is 1. The summed E-state index contributed by atoms with van der Waals surface area (Å²) < 4.78 is 24.3. The SMILES string of the molecule is C/C=C(\C)C(=O)O[C@H]1[C@H]2[C@@H]([C@@H](OC(C)=O)[C@@H](C)C(=O)[C@@]34C[C@H](C)[C@H](OC(=O)c5ccccc5)[C@]3(/C=C(\C)[C@H]1O)O4)C2(C)C. The number of hydrogen-bond acceptors (Lipinski definition) is 9. The number of epoxide rings is 1. The topological polar surface area (TPSA) is 129 Å². The number of Topliss-reactive ketones (excluding diaryl/α,β-unsaturated/α-hetero) is 1. The van der Waals surface area contributed by atoms with Gasteiger partial charge in [-0.25, -0.2) is 9.59 Å². The average Bonchev–Trinajstić information content (AvgIpc) is 3.76. The molecule has 1 aromatic carbocycles. The fraction of sp³-hybridized carbons (Fsp3) is 0.588. The van der Waals surface area contributed by atoms with Crippen LogP contribution < -0.4 is 0 Å². The van der Waals surface area contributed by atoms with E-state index in [0.29, 0.717) is 16.7 Å². The van der Waals surface area contributed by atoms with Crippen molar-refractivity contribution in [1.29, 1.82) is 0 Å². The zero-order valence-corrected chi connectivity index (χ0v) is 26.1. The minimum Gasteiger partial charge on any atom is -0.461 e. The maximum Gasteiger partial charge on any atom is 0.338 e. The maximum atomic E-state index is 14.5. The Kier molecular flexibility index (Phi) is 7.75.